The van der Waals surface area contributed by atoms with E-state index in [1.165, 1.54) is 11.3 Å². The first-order valence-electron chi connectivity index (χ1n) is 9.86. The molecule has 31 heavy (non-hydrogen) atoms. The summed E-state index contributed by atoms with van der Waals surface area (Å²) >= 11 is 7.61. The number of benzene rings is 1. The lowest BCUT2D eigenvalue weighted by atomic mass is 9.89. The van der Waals surface area contributed by atoms with Gasteiger partial charge < -0.3 is 15.5 Å². The second kappa shape index (κ2) is 9.94. The number of rotatable bonds is 6. The van der Waals surface area contributed by atoms with E-state index in [2.05, 4.69) is 28.8 Å². The molecule has 0 unspecified atom stereocenters. The lowest BCUT2D eigenvalue weighted by Gasteiger charge is -2.17. The van der Waals surface area contributed by atoms with Crippen molar-refractivity contribution in [1.82, 2.24) is 0 Å². The van der Waals surface area contributed by atoms with Crippen LogP contribution in [0.4, 0.5) is 10.7 Å². The minimum Gasteiger partial charge on any atom is -0.385 e. The zero-order valence-electron chi connectivity index (χ0n) is 17.5. The van der Waals surface area contributed by atoms with Gasteiger partial charge in [-0.05, 0) is 61.8 Å². The molecule has 1 aliphatic carbocycles. The van der Waals surface area contributed by atoms with Gasteiger partial charge in [0.25, 0.3) is 11.8 Å². The molecule has 162 valence electrons. The molecule has 0 spiro atoms. The number of hydrogen-bond acceptors (Lipinski definition) is 6. The van der Waals surface area contributed by atoms with Crippen LogP contribution in [0, 0.1) is 31.1 Å². The van der Waals surface area contributed by atoms with Gasteiger partial charge in [-0.1, -0.05) is 29.7 Å². The van der Waals surface area contributed by atoms with E-state index >= 15 is 0 Å². The molecule has 1 aliphatic rings. The van der Waals surface area contributed by atoms with Crippen LogP contribution in [-0.2, 0) is 27.3 Å². The Morgan fingerprint density at radius 3 is 2.87 bits per heavy atom. The first-order valence-corrected chi connectivity index (χ1v) is 11.1. The zero-order chi connectivity index (χ0) is 22.5. The molecule has 3 rings (SSSR count). The number of fused-ring (bicyclic) bond motifs is 1. The molecule has 1 aromatic heterocycles. The number of halogens is 1. The highest BCUT2D eigenvalue weighted by Gasteiger charge is 2.24. The highest BCUT2D eigenvalue weighted by atomic mass is 35.5. The predicted octanol–water partition coefficient (Wildman–Crippen LogP) is 4.59. The first-order chi connectivity index (χ1) is 14.8. The van der Waals surface area contributed by atoms with Gasteiger partial charge in [0.1, 0.15) is 17.3 Å². The SMILES string of the molecule is Cc1cc(C)c(NC(=O)C=NOCC(=O)Nc2sc3c(c2C#N)CC[C@@H](C)C3)c(Cl)c1. The Hall–Kier alpha value is -2.89. The third-order valence-electron chi connectivity index (χ3n) is 5.00. The number of hydrogen-bond donors (Lipinski definition) is 2. The van der Waals surface area contributed by atoms with Crippen molar-refractivity contribution in [2.24, 2.45) is 11.1 Å². The summed E-state index contributed by atoms with van der Waals surface area (Å²) in [6, 6.07) is 5.85. The molecule has 2 amide bonds. The summed E-state index contributed by atoms with van der Waals surface area (Å²) in [5.41, 5.74) is 3.90. The average molecular weight is 459 g/mol. The van der Waals surface area contributed by atoms with E-state index in [9.17, 15) is 14.9 Å². The summed E-state index contributed by atoms with van der Waals surface area (Å²) in [7, 11) is 0. The van der Waals surface area contributed by atoms with E-state index in [1.54, 1.807) is 6.07 Å². The maximum absolute atomic E-state index is 12.2. The molecule has 0 aliphatic heterocycles. The van der Waals surface area contributed by atoms with E-state index in [4.69, 9.17) is 16.4 Å². The number of anilines is 2. The second-order valence-electron chi connectivity index (χ2n) is 7.65. The highest BCUT2D eigenvalue weighted by molar-refractivity contribution is 7.16. The van der Waals surface area contributed by atoms with E-state index in [0.29, 0.717) is 27.2 Å². The molecule has 0 radical (unpaired) electrons. The molecule has 7 nitrogen and oxygen atoms in total. The standard InChI is InChI=1S/C22H23ClN4O3S/c1-12-4-5-15-16(9-24)22(31-18(15)8-12)27-20(29)11-30-25-10-19(28)26-21-14(3)6-13(2)7-17(21)23/h6-7,10,12H,4-5,8,11H2,1-3H3,(H,26,28)(H,27,29)/t12-/m1/s1. The molecule has 0 saturated carbocycles. The summed E-state index contributed by atoms with van der Waals surface area (Å²) < 4.78 is 0. The number of oxime groups is 1. The van der Waals surface area contributed by atoms with Gasteiger partial charge in [0.2, 0.25) is 0 Å². The fourth-order valence-corrected chi connectivity index (χ4v) is 5.28. The second-order valence-corrected chi connectivity index (χ2v) is 9.16. The molecule has 0 bridgehead atoms. The molecular weight excluding hydrogens is 436 g/mol. The van der Waals surface area contributed by atoms with Gasteiger partial charge >= 0.3 is 0 Å². The number of nitriles is 1. The van der Waals surface area contributed by atoms with Gasteiger partial charge in [0, 0.05) is 4.88 Å². The number of amides is 2. The van der Waals surface area contributed by atoms with Crippen LogP contribution in [0.1, 0.15) is 40.5 Å². The quantitative estimate of drug-likeness (QED) is 0.487. The number of nitrogens with zero attached hydrogens (tertiary/aromatic N) is 2. The van der Waals surface area contributed by atoms with Gasteiger partial charge in [0.15, 0.2) is 6.61 Å². The summed E-state index contributed by atoms with van der Waals surface area (Å²) in [6.45, 7) is 5.56. The van der Waals surface area contributed by atoms with Crippen molar-refractivity contribution < 1.29 is 14.4 Å². The molecule has 0 fully saturated rings. The van der Waals surface area contributed by atoms with Gasteiger partial charge in [-0.3, -0.25) is 9.59 Å². The molecule has 1 aromatic carbocycles. The van der Waals surface area contributed by atoms with Gasteiger partial charge in [-0.25, -0.2) is 0 Å². The van der Waals surface area contributed by atoms with Crippen LogP contribution in [0.5, 0.6) is 0 Å². The van der Waals surface area contributed by atoms with E-state index in [1.807, 2.05) is 19.9 Å². The number of carbonyl (C=O) groups is 2. The summed E-state index contributed by atoms with van der Waals surface area (Å²) in [5, 5.41) is 19.4. The summed E-state index contributed by atoms with van der Waals surface area (Å²) in [4.78, 5) is 30.3. The van der Waals surface area contributed by atoms with Crippen LogP contribution in [0.3, 0.4) is 0 Å². The molecule has 9 heteroatoms. The molecular formula is C22H23ClN4O3S. The van der Waals surface area contributed by atoms with Crippen LogP contribution >= 0.6 is 22.9 Å². The summed E-state index contributed by atoms with van der Waals surface area (Å²) in [6.07, 6.45) is 3.75. The number of thiophene rings is 1. The smallest absolute Gasteiger partial charge is 0.270 e. The topological polar surface area (TPSA) is 104 Å². The maximum atomic E-state index is 12.2. The van der Waals surface area contributed by atoms with E-state index < -0.39 is 11.8 Å². The molecule has 0 saturated heterocycles. The largest absolute Gasteiger partial charge is 0.385 e. The Labute approximate surface area is 190 Å². The third kappa shape index (κ3) is 5.63. The van der Waals surface area contributed by atoms with Crippen LogP contribution in [0.15, 0.2) is 17.3 Å². The fraction of sp³-hybridized carbons (Fsp3) is 0.364. The van der Waals surface area contributed by atoms with Gasteiger partial charge in [0.05, 0.1) is 16.3 Å². The molecule has 2 N–H and O–H groups in total. The van der Waals surface area contributed by atoms with Crippen LogP contribution in [0.2, 0.25) is 5.02 Å². The van der Waals surface area contributed by atoms with Crippen LogP contribution in [-0.4, -0.2) is 24.6 Å². The molecule has 1 atom stereocenters. The number of aryl methyl sites for hydroxylation is 2. The zero-order valence-corrected chi connectivity index (χ0v) is 19.1. The van der Waals surface area contributed by atoms with Crippen molar-refractivity contribution in [3.8, 4) is 6.07 Å². The van der Waals surface area contributed by atoms with Crippen molar-refractivity contribution in [2.75, 3.05) is 17.2 Å². The fourth-order valence-electron chi connectivity index (χ4n) is 3.53. The van der Waals surface area contributed by atoms with Crippen molar-refractivity contribution in [2.45, 2.75) is 40.0 Å². The normalized spacial score (nSPS) is 15.3. The van der Waals surface area contributed by atoms with E-state index in [-0.39, 0.29) is 6.61 Å². The minimum atomic E-state index is -0.527. The Morgan fingerprint density at radius 1 is 1.39 bits per heavy atom. The number of nitrogens with one attached hydrogen (secondary N) is 2. The average Bonchev–Trinajstić information content (AvgIpc) is 3.03. The Bertz CT molecular complexity index is 1060. The van der Waals surface area contributed by atoms with Crippen LogP contribution in [0.25, 0.3) is 0 Å². The summed E-state index contributed by atoms with van der Waals surface area (Å²) in [5.74, 6) is -0.400. The van der Waals surface area contributed by atoms with Gasteiger partial charge in [-0.2, -0.15) is 5.26 Å². The van der Waals surface area contributed by atoms with E-state index in [0.717, 1.165) is 47.0 Å². The Morgan fingerprint density at radius 2 is 2.16 bits per heavy atom. The monoisotopic (exact) mass is 458 g/mol. The third-order valence-corrected chi connectivity index (χ3v) is 6.46. The lowest BCUT2D eigenvalue weighted by molar-refractivity contribution is -0.120. The van der Waals surface area contributed by atoms with Crippen molar-refractivity contribution in [1.29, 1.82) is 5.26 Å². The number of carbonyl (C=O) groups excluding carboxylic acids is 2. The first kappa shape index (κ1) is 22.8. The Balaban J connectivity index is 1.52. The highest BCUT2D eigenvalue weighted by Crippen LogP contribution is 2.39. The minimum absolute atomic E-state index is 0.377. The van der Waals surface area contributed by atoms with Crippen LogP contribution < -0.4 is 10.6 Å². The Kier molecular flexibility index (Phi) is 7.31. The van der Waals surface area contributed by atoms with Crippen molar-refractivity contribution in [3.63, 3.8) is 0 Å². The lowest BCUT2D eigenvalue weighted by Crippen LogP contribution is -2.18. The molecule has 2 aromatic rings. The van der Waals surface area contributed by atoms with Gasteiger partial charge in [-0.15, -0.1) is 11.3 Å². The maximum Gasteiger partial charge on any atom is 0.270 e. The molecule has 1 heterocycles. The van der Waals surface area contributed by atoms with Crippen molar-refractivity contribution in [3.05, 3.63) is 44.3 Å². The predicted molar refractivity (Wildman–Crippen MR) is 123 cm³/mol. The van der Waals surface area contributed by atoms with Crippen molar-refractivity contribution >= 4 is 51.7 Å².